The van der Waals surface area contributed by atoms with Gasteiger partial charge in [-0.15, -0.1) is 0 Å². The lowest BCUT2D eigenvalue weighted by Crippen LogP contribution is -2.29. The van der Waals surface area contributed by atoms with E-state index in [9.17, 15) is 9.59 Å². The van der Waals surface area contributed by atoms with Gasteiger partial charge < -0.3 is 15.8 Å². The number of nitrogens with one attached hydrogen (secondary N) is 1. The van der Waals surface area contributed by atoms with Crippen LogP contribution in [0.5, 0.6) is 0 Å². The average Bonchev–Trinajstić information content (AvgIpc) is 2.44. The molecule has 0 saturated heterocycles. The highest BCUT2D eigenvalue weighted by atomic mass is 16.6. The third-order valence-electron chi connectivity index (χ3n) is 3.36. The fourth-order valence-corrected chi connectivity index (χ4v) is 2.30. The van der Waals surface area contributed by atoms with Gasteiger partial charge >= 0.3 is 5.97 Å². The molecular formula is C19H30N2O3. The number of rotatable bonds is 7. The number of ether oxygens (including phenoxy) is 1. The van der Waals surface area contributed by atoms with Crippen molar-refractivity contribution in [2.75, 3.05) is 6.54 Å². The lowest BCUT2D eigenvalue weighted by molar-refractivity contribution is -0.154. The lowest BCUT2D eigenvalue weighted by atomic mass is 9.97. The van der Waals surface area contributed by atoms with Crippen LogP contribution in [0.15, 0.2) is 24.3 Å². The Kier molecular flexibility index (Phi) is 7.42. The van der Waals surface area contributed by atoms with Gasteiger partial charge in [0.1, 0.15) is 5.60 Å². The number of hydrogen-bond donors (Lipinski definition) is 2. The highest BCUT2D eigenvalue weighted by Crippen LogP contribution is 2.19. The van der Waals surface area contributed by atoms with Gasteiger partial charge in [0, 0.05) is 18.2 Å². The van der Waals surface area contributed by atoms with Gasteiger partial charge in [-0.1, -0.05) is 26.0 Å². The predicted octanol–water partition coefficient (Wildman–Crippen LogP) is 3.19. The minimum absolute atomic E-state index is 0.0192. The molecule has 1 rings (SSSR count). The number of carbonyl (C=O) groups is 2. The molecule has 3 N–H and O–H groups in total. The van der Waals surface area contributed by atoms with Crippen LogP contribution in [0, 0.1) is 5.92 Å². The summed E-state index contributed by atoms with van der Waals surface area (Å²) in [5.74, 6) is -0.00354. The van der Waals surface area contributed by atoms with Gasteiger partial charge in [-0.3, -0.25) is 9.59 Å². The number of nitrogens with two attached hydrogens (primary N) is 1. The Balaban J connectivity index is 2.47. The Hall–Kier alpha value is -1.88. The van der Waals surface area contributed by atoms with Crippen LogP contribution < -0.4 is 11.1 Å². The van der Waals surface area contributed by atoms with Crippen LogP contribution >= 0.6 is 0 Å². The molecule has 5 heteroatoms. The van der Waals surface area contributed by atoms with Crippen molar-refractivity contribution >= 4 is 11.9 Å². The molecule has 24 heavy (non-hydrogen) atoms. The highest BCUT2D eigenvalue weighted by Gasteiger charge is 2.16. The Morgan fingerprint density at radius 2 is 1.75 bits per heavy atom. The molecular weight excluding hydrogens is 304 g/mol. The van der Waals surface area contributed by atoms with E-state index < -0.39 is 5.60 Å². The molecule has 0 spiro atoms. The van der Waals surface area contributed by atoms with Crippen molar-refractivity contribution in [1.29, 1.82) is 0 Å². The molecule has 0 aromatic heterocycles. The minimum atomic E-state index is -0.508. The standard InChI is InChI=1S/C19H30N2O3/c1-13(2)12-16(20)14-6-8-15(9-7-14)18(23)21-11-10-17(22)24-19(3,4)5/h6-9,13,16H,10-12,20H2,1-5H3,(H,21,23)/t16-/m0/s1. The average molecular weight is 334 g/mol. The van der Waals surface area contributed by atoms with Gasteiger partial charge in [0.25, 0.3) is 5.91 Å². The largest absolute Gasteiger partial charge is 0.460 e. The van der Waals surface area contributed by atoms with Crippen molar-refractivity contribution in [2.24, 2.45) is 11.7 Å². The van der Waals surface area contributed by atoms with E-state index in [-0.39, 0.29) is 30.9 Å². The molecule has 0 fully saturated rings. The molecule has 0 aliphatic rings. The second kappa shape index (κ2) is 8.83. The third kappa shape index (κ3) is 7.59. The van der Waals surface area contributed by atoms with E-state index in [1.165, 1.54) is 0 Å². The minimum Gasteiger partial charge on any atom is -0.460 e. The summed E-state index contributed by atoms with van der Waals surface area (Å²) in [6.45, 7) is 9.96. The number of benzene rings is 1. The Bertz CT molecular complexity index is 545. The highest BCUT2D eigenvalue weighted by molar-refractivity contribution is 5.94. The van der Waals surface area contributed by atoms with E-state index in [2.05, 4.69) is 19.2 Å². The second-order valence-electron chi connectivity index (χ2n) is 7.45. The zero-order valence-electron chi connectivity index (χ0n) is 15.4. The molecule has 5 nitrogen and oxygen atoms in total. The van der Waals surface area contributed by atoms with E-state index in [1.54, 1.807) is 12.1 Å². The molecule has 0 bridgehead atoms. The first-order valence-electron chi connectivity index (χ1n) is 8.44. The summed E-state index contributed by atoms with van der Waals surface area (Å²) in [7, 11) is 0. The van der Waals surface area contributed by atoms with Crippen LogP contribution in [0.25, 0.3) is 0 Å². The van der Waals surface area contributed by atoms with E-state index in [0.29, 0.717) is 11.5 Å². The second-order valence-corrected chi connectivity index (χ2v) is 7.45. The molecule has 1 aromatic carbocycles. The van der Waals surface area contributed by atoms with Crippen molar-refractivity contribution in [3.63, 3.8) is 0 Å². The first kappa shape index (κ1) is 20.2. The van der Waals surface area contributed by atoms with Crippen LogP contribution in [0.1, 0.15) is 69.4 Å². The maximum atomic E-state index is 12.1. The summed E-state index contributed by atoms with van der Waals surface area (Å²) < 4.78 is 5.19. The van der Waals surface area contributed by atoms with Crippen molar-refractivity contribution < 1.29 is 14.3 Å². The molecule has 0 unspecified atom stereocenters. The molecule has 1 aromatic rings. The summed E-state index contributed by atoms with van der Waals surface area (Å²) in [6.07, 6.45) is 1.06. The first-order chi connectivity index (χ1) is 11.1. The Labute approximate surface area is 145 Å². The zero-order chi connectivity index (χ0) is 18.3. The summed E-state index contributed by atoms with van der Waals surface area (Å²) in [5, 5.41) is 2.73. The summed E-state index contributed by atoms with van der Waals surface area (Å²) >= 11 is 0. The van der Waals surface area contributed by atoms with Crippen molar-refractivity contribution in [3.05, 3.63) is 35.4 Å². The monoisotopic (exact) mass is 334 g/mol. The Morgan fingerprint density at radius 3 is 2.25 bits per heavy atom. The van der Waals surface area contributed by atoms with Crippen LogP contribution in [0.2, 0.25) is 0 Å². The summed E-state index contributed by atoms with van der Waals surface area (Å²) in [5.41, 5.74) is 7.20. The van der Waals surface area contributed by atoms with Crippen molar-refractivity contribution in [1.82, 2.24) is 5.32 Å². The van der Waals surface area contributed by atoms with Crippen LogP contribution in [-0.2, 0) is 9.53 Å². The molecule has 134 valence electrons. The van der Waals surface area contributed by atoms with Crippen molar-refractivity contribution in [2.45, 2.75) is 59.1 Å². The third-order valence-corrected chi connectivity index (χ3v) is 3.36. The number of carbonyl (C=O) groups excluding carboxylic acids is 2. The summed E-state index contributed by atoms with van der Waals surface area (Å²) in [4.78, 5) is 23.7. The molecule has 0 heterocycles. The SMILES string of the molecule is CC(C)C[C@H](N)c1ccc(C(=O)NCCC(=O)OC(C)(C)C)cc1. The predicted molar refractivity (Wildman–Crippen MR) is 95.6 cm³/mol. The fraction of sp³-hybridized carbons (Fsp3) is 0.579. The van der Waals surface area contributed by atoms with E-state index in [4.69, 9.17) is 10.5 Å². The van der Waals surface area contributed by atoms with Gasteiger partial charge in [0.05, 0.1) is 6.42 Å². The molecule has 1 amide bonds. The number of hydrogen-bond acceptors (Lipinski definition) is 4. The van der Waals surface area contributed by atoms with Crippen LogP contribution in [0.3, 0.4) is 0 Å². The van der Waals surface area contributed by atoms with Crippen molar-refractivity contribution in [3.8, 4) is 0 Å². The van der Waals surface area contributed by atoms with Crippen LogP contribution in [0.4, 0.5) is 0 Å². The summed E-state index contributed by atoms with van der Waals surface area (Å²) in [6, 6.07) is 7.27. The van der Waals surface area contributed by atoms with E-state index in [0.717, 1.165) is 12.0 Å². The first-order valence-corrected chi connectivity index (χ1v) is 8.44. The van der Waals surface area contributed by atoms with Gasteiger partial charge in [0.15, 0.2) is 0 Å². The van der Waals surface area contributed by atoms with Gasteiger partial charge in [-0.2, -0.15) is 0 Å². The van der Waals surface area contributed by atoms with Gasteiger partial charge in [-0.05, 0) is 50.8 Å². The van der Waals surface area contributed by atoms with Gasteiger partial charge in [0.2, 0.25) is 0 Å². The molecule has 0 saturated carbocycles. The fourth-order valence-electron chi connectivity index (χ4n) is 2.30. The quantitative estimate of drug-likeness (QED) is 0.750. The lowest BCUT2D eigenvalue weighted by Gasteiger charge is -2.19. The topological polar surface area (TPSA) is 81.4 Å². The molecule has 1 atom stereocenters. The normalized spacial score (nSPS) is 12.8. The van der Waals surface area contributed by atoms with E-state index in [1.807, 2.05) is 32.9 Å². The molecule has 0 aliphatic carbocycles. The molecule has 0 aliphatic heterocycles. The molecule has 0 radical (unpaired) electrons. The smallest absolute Gasteiger partial charge is 0.308 e. The number of esters is 1. The maximum Gasteiger partial charge on any atom is 0.308 e. The van der Waals surface area contributed by atoms with Gasteiger partial charge in [-0.25, -0.2) is 0 Å². The zero-order valence-corrected chi connectivity index (χ0v) is 15.4. The Morgan fingerprint density at radius 1 is 1.17 bits per heavy atom. The number of amides is 1. The maximum absolute atomic E-state index is 12.1. The van der Waals surface area contributed by atoms with Crippen LogP contribution in [-0.4, -0.2) is 24.0 Å². The van der Waals surface area contributed by atoms with E-state index >= 15 is 0 Å².